The Bertz CT molecular complexity index is 765. The van der Waals surface area contributed by atoms with Crippen LogP contribution in [0.4, 0.5) is 5.69 Å². The van der Waals surface area contributed by atoms with Gasteiger partial charge in [-0.25, -0.2) is 0 Å². The molecule has 5 nitrogen and oxygen atoms in total. The number of aryl methyl sites for hydroxylation is 1. The van der Waals surface area contributed by atoms with Crippen molar-refractivity contribution in [3.63, 3.8) is 0 Å². The van der Waals surface area contributed by atoms with Crippen molar-refractivity contribution in [2.45, 2.75) is 46.7 Å². The fourth-order valence-electron chi connectivity index (χ4n) is 2.55. The van der Waals surface area contributed by atoms with Gasteiger partial charge in [-0.3, -0.25) is 9.79 Å². The second-order valence-corrected chi connectivity index (χ2v) is 8.40. The fraction of sp³-hybridized carbons (Fsp3) is 0.429. The van der Waals surface area contributed by atoms with Gasteiger partial charge in [0.2, 0.25) is 5.91 Å². The maximum atomic E-state index is 11.7. The summed E-state index contributed by atoms with van der Waals surface area (Å²) in [5.74, 6) is 0.786. The maximum absolute atomic E-state index is 11.7. The van der Waals surface area contributed by atoms with Crippen molar-refractivity contribution < 1.29 is 4.79 Å². The molecule has 2 rings (SSSR count). The lowest BCUT2D eigenvalue weighted by Gasteiger charge is -2.17. The Morgan fingerprint density at radius 3 is 2.37 bits per heavy atom. The molecule has 1 heterocycles. The van der Waals surface area contributed by atoms with Crippen molar-refractivity contribution in [1.82, 2.24) is 10.6 Å². The number of rotatable bonds is 7. The summed E-state index contributed by atoms with van der Waals surface area (Å²) in [6, 6.07) is 12.5. The molecule has 0 saturated heterocycles. The van der Waals surface area contributed by atoms with Gasteiger partial charge in [-0.05, 0) is 43.7 Å². The molecule has 1 atom stereocenters. The van der Waals surface area contributed by atoms with Crippen LogP contribution in [-0.2, 0) is 17.8 Å². The molecule has 0 aliphatic rings. The minimum Gasteiger partial charge on any atom is -0.354 e. The second-order valence-electron chi connectivity index (χ2n) is 7.03. The van der Waals surface area contributed by atoms with E-state index in [0.717, 1.165) is 23.6 Å². The Kier molecular flexibility index (Phi) is 7.85. The minimum atomic E-state index is -0.0270. The molecule has 0 saturated carbocycles. The molecule has 1 unspecified atom stereocenters. The number of anilines is 1. The van der Waals surface area contributed by atoms with Crippen molar-refractivity contribution in [3.8, 4) is 0 Å². The fourth-order valence-corrected chi connectivity index (χ4v) is 3.57. The molecule has 0 aliphatic carbocycles. The predicted molar refractivity (Wildman–Crippen MR) is 115 cm³/mol. The molecular weight excluding hydrogens is 356 g/mol. The van der Waals surface area contributed by atoms with Gasteiger partial charge in [-0.1, -0.05) is 26.0 Å². The Hall–Kier alpha value is -2.34. The molecule has 0 fully saturated rings. The number of aliphatic imine (C=N–C) groups is 1. The lowest BCUT2D eigenvalue weighted by Crippen LogP contribution is -2.42. The third-order valence-corrected chi connectivity index (χ3v) is 5.14. The number of carbonyl (C=O) groups excluding carboxylic acids is 1. The van der Waals surface area contributed by atoms with E-state index in [-0.39, 0.29) is 11.8 Å². The minimum absolute atomic E-state index is 0.0270. The zero-order valence-electron chi connectivity index (χ0n) is 16.8. The van der Waals surface area contributed by atoms with Gasteiger partial charge in [0.25, 0.3) is 0 Å². The van der Waals surface area contributed by atoms with Crippen LogP contribution < -0.4 is 16.0 Å². The van der Waals surface area contributed by atoms with Gasteiger partial charge in [0.15, 0.2) is 5.96 Å². The molecule has 6 heteroatoms. The number of carbonyl (C=O) groups is 1. The SMILES string of the molecule is CN=C(NCc1ccc(NC(=O)C(C)C)cc1)NC(C)Cc1ccc(C)s1. The predicted octanol–water partition coefficient (Wildman–Crippen LogP) is 3.95. The normalized spacial score (nSPS) is 12.7. The van der Waals surface area contributed by atoms with Gasteiger partial charge in [-0.2, -0.15) is 0 Å². The molecule has 1 aromatic carbocycles. The molecule has 0 spiro atoms. The van der Waals surface area contributed by atoms with Crippen LogP contribution in [0.15, 0.2) is 41.4 Å². The first-order valence-corrected chi connectivity index (χ1v) is 10.1. The van der Waals surface area contributed by atoms with Gasteiger partial charge in [-0.15, -0.1) is 11.3 Å². The van der Waals surface area contributed by atoms with Crippen LogP contribution in [0.2, 0.25) is 0 Å². The van der Waals surface area contributed by atoms with Crippen LogP contribution in [-0.4, -0.2) is 25.0 Å². The van der Waals surface area contributed by atoms with Crippen molar-refractivity contribution >= 4 is 28.9 Å². The molecule has 1 amide bonds. The van der Waals surface area contributed by atoms with Crippen molar-refractivity contribution in [3.05, 3.63) is 51.7 Å². The van der Waals surface area contributed by atoms with E-state index < -0.39 is 0 Å². The van der Waals surface area contributed by atoms with Crippen molar-refractivity contribution in [1.29, 1.82) is 0 Å². The first-order valence-electron chi connectivity index (χ1n) is 9.29. The van der Waals surface area contributed by atoms with E-state index in [9.17, 15) is 4.79 Å². The van der Waals surface area contributed by atoms with Crippen LogP contribution in [0.1, 0.15) is 36.1 Å². The Morgan fingerprint density at radius 2 is 1.81 bits per heavy atom. The molecule has 1 aromatic heterocycles. The Labute approximate surface area is 166 Å². The van der Waals surface area contributed by atoms with E-state index in [1.165, 1.54) is 9.75 Å². The van der Waals surface area contributed by atoms with E-state index >= 15 is 0 Å². The largest absolute Gasteiger partial charge is 0.354 e. The molecule has 27 heavy (non-hydrogen) atoms. The van der Waals surface area contributed by atoms with E-state index in [1.807, 2.05) is 49.4 Å². The summed E-state index contributed by atoms with van der Waals surface area (Å²) in [4.78, 5) is 18.8. The number of thiophene rings is 1. The number of amides is 1. The summed E-state index contributed by atoms with van der Waals surface area (Å²) in [7, 11) is 1.78. The van der Waals surface area contributed by atoms with Crippen LogP contribution in [0.25, 0.3) is 0 Å². The quantitative estimate of drug-likeness (QED) is 0.499. The molecule has 2 aromatic rings. The van der Waals surface area contributed by atoms with Crippen LogP contribution in [0.5, 0.6) is 0 Å². The summed E-state index contributed by atoms with van der Waals surface area (Å²) in [6.45, 7) is 8.73. The monoisotopic (exact) mass is 386 g/mol. The Balaban J connectivity index is 1.82. The molecule has 3 N–H and O–H groups in total. The highest BCUT2D eigenvalue weighted by Crippen LogP contribution is 2.16. The highest BCUT2D eigenvalue weighted by atomic mass is 32.1. The number of nitrogens with one attached hydrogen (secondary N) is 3. The van der Waals surface area contributed by atoms with E-state index in [1.54, 1.807) is 7.05 Å². The van der Waals surface area contributed by atoms with E-state index in [4.69, 9.17) is 0 Å². The lowest BCUT2D eigenvalue weighted by atomic mass is 10.1. The van der Waals surface area contributed by atoms with Crippen molar-refractivity contribution in [2.75, 3.05) is 12.4 Å². The third-order valence-electron chi connectivity index (χ3n) is 4.12. The standard InChI is InChI=1S/C21H30N4OS/c1-14(2)20(26)25-18-9-7-17(8-10-18)13-23-21(22-5)24-15(3)12-19-11-6-16(4)27-19/h6-11,14-15H,12-13H2,1-5H3,(H,25,26)(H2,22,23,24). The molecule has 146 valence electrons. The summed E-state index contributed by atoms with van der Waals surface area (Å²) in [5, 5.41) is 9.68. The van der Waals surface area contributed by atoms with Crippen LogP contribution >= 0.6 is 11.3 Å². The van der Waals surface area contributed by atoms with Crippen LogP contribution in [0, 0.1) is 12.8 Å². The number of guanidine groups is 1. The van der Waals surface area contributed by atoms with Gasteiger partial charge in [0.05, 0.1) is 0 Å². The molecule has 0 radical (unpaired) electrons. The summed E-state index contributed by atoms with van der Waals surface area (Å²) in [6.07, 6.45) is 0.976. The van der Waals surface area contributed by atoms with Gasteiger partial charge in [0, 0.05) is 47.4 Å². The van der Waals surface area contributed by atoms with Crippen molar-refractivity contribution in [2.24, 2.45) is 10.9 Å². The number of nitrogens with zero attached hydrogens (tertiary/aromatic N) is 1. The van der Waals surface area contributed by atoms with E-state index in [0.29, 0.717) is 12.6 Å². The number of benzene rings is 1. The molecule has 0 bridgehead atoms. The average molecular weight is 387 g/mol. The zero-order chi connectivity index (χ0) is 19.8. The number of hydrogen-bond acceptors (Lipinski definition) is 3. The number of hydrogen-bond donors (Lipinski definition) is 3. The van der Waals surface area contributed by atoms with Gasteiger partial charge < -0.3 is 16.0 Å². The molecule has 0 aliphatic heterocycles. The topological polar surface area (TPSA) is 65.5 Å². The summed E-state index contributed by atoms with van der Waals surface area (Å²) >= 11 is 1.84. The second kappa shape index (κ2) is 10.1. The van der Waals surface area contributed by atoms with E-state index in [2.05, 4.69) is 46.9 Å². The Morgan fingerprint density at radius 1 is 1.11 bits per heavy atom. The third kappa shape index (κ3) is 7.06. The lowest BCUT2D eigenvalue weighted by molar-refractivity contribution is -0.118. The van der Waals surface area contributed by atoms with Gasteiger partial charge >= 0.3 is 0 Å². The first kappa shape index (κ1) is 21.0. The molecular formula is C21H30N4OS. The first-order chi connectivity index (χ1) is 12.9. The maximum Gasteiger partial charge on any atom is 0.226 e. The highest BCUT2D eigenvalue weighted by molar-refractivity contribution is 7.11. The zero-order valence-corrected chi connectivity index (χ0v) is 17.6. The van der Waals surface area contributed by atoms with Crippen LogP contribution in [0.3, 0.4) is 0 Å². The highest BCUT2D eigenvalue weighted by Gasteiger charge is 2.09. The summed E-state index contributed by atoms with van der Waals surface area (Å²) < 4.78 is 0. The van der Waals surface area contributed by atoms with Gasteiger partial charge in [0.1, 0.15) is 0 Å². The smallest absolute Gasteiger partial charge is 0.226 e. The summed E-state index contributed by atoms with van der Waals surface area (Å²) in [5.41, 5.74) is 1.95. The average Bonchev–Trinajstić information content (AvgIpc) is 3.04.